The number of benzene rings is 2. The van der Waals surface area contributed by atoms with E-state index < -0.39 is 6.10 Å². The molecule has 148 valence electrons. The van der Waals surface area contributed by atoms with Gasteiger partial charge < -0.3 is 14.2 Å². The van der Waals surface area contributed by atoms with Crippen LogP contribution in [0.4, 0.5) is 4.39 Å². The fraction of sp³-hybridized carbons (Fsp3) is 0.238. The second-order valence-electron chi connectivity index (χ2n) is 6.86. The first-order valence-corrected chi connectivity index (χ1v) is 9.15. The van der Waals surface area contributed by atoms with Crippen LogP contribution in [0.3, 0.4) is 0 Å². The van der Waals surface area contributed by atoms with Crippen LogP contribution in [0.1, 0.15) is 18.4 Å². The molecule has 1 amide bonds. The molecule has 4 rings (SSSR count). The molecule has 2 aromatic carbocycles. The molecule has 8 heteroatoms. The Labute approximate surface area is 166 Å². The molecule has 0 bridgehead atoms. The number of amides is 1. The fourth-order valence-corrected chi connectivity index (χ4v) is 3.14. The zero-order chi connectivity index (χ0) is 20.4. The number of hydrogen-bond acceptors (Lipinski definition) is 6. The highest BCUT2D eigenvalue weighted by atomic mass is 19.1. The number of likely N-dealkylation sites (N-methyl/N-ethyl adjacent to an activating group) is 1. The summed E-state index contributed by atoms with van der Waals surface area (Å²) in [6.45, 7) is 2.00. The Balaban J connectivity index is 1.41. The molecule has 0 unspecified atom stereocenters. The second kappa shape index (κ2) is 7.83. The summed E-state index contributed by atoms with van der Waals surface area (Å²) in [7, 11) is 1.64. The number of halogens is 1. The molecule has 1 aromatic heterocycles. The van der Waals surface area contributed by atoms with Gasteiger partial charge in [-0.05, 0) is 29.8 Å². The quantitative estimate of drug-likeness (QED) is 0.663. The molecule has 7 nitrogen and oxygen atoms in total. The van der Waals surface area contributed by atoms with Crippen LogP contribution >= 0.6 is 0 Å². The maximum atomic E-state index is 13.1. The van der Waals surface area contributed by atoms with Gasteiger partial charge in [0.05, 0.1) is 18.2 Å². The van der Waals surface area contributed by atoms with Crippen LogP contribution in [0.25, 0.3) is 11.5 Å². The minimum atomic E-state index is -0.767. The zero-order valence-corrected chi connectivity index (χ0v) is 15.9. The van der Waals surface area contributed by atoms with Gasteiger partial charge in [0, 0.05) is 12.6 Å². The minimum absolute atomic E-state index is 0.150. The molecule has 0 saturated carbocycles. The molecule has 1 aliphatic rings. The molecule has 3 aromatic rings. The summed E-state index contributed by atoms with van der Waals surface area (Å²) in [6.07, 6.45) is -0.767. The largest absolute Gasteiger partial charge is 0.419 e. The smallest absolute Gasteiger partial charge is 0.267 e. The van der Waals surface area contributed by atoms with Crippen molar-refractivity contribution in [1.82, 2.24) is 15.1 Å². The normalized spacial score (nSPS) is 18.2. The van der Waals surface area contributed by atoms with Crippen molar-refractivity contribution in [3.63, 3.8) is 0 Å². The van der Waals surface area contributed by atoms with Crippen molar-refractivity contribution in [2.45, 2.75) is 19.6 Å². The van der Waals surface area contributed by atoms with Crippen molar-refractivity contribution in [2.24, 2.45) is 11.1 Å². The van der Waals surface area contributed by atoms with E-state index in [1.54, 1.807) is 19.2 Å². The lowest BCUT2D eigenvalue weighted by Gasteiger charge is -2.20. The Morgan fingerprint density at radius 2 is 1.79 bits per heavy atom. The lowest BCUT2D eigenvalue weighted by Crippen LogP contribution is -2.40. The van der Waals surface area contributed by atoms with Crippen molar-refractivity contribution < 1.29 is 18.4 Å². The van der Waals surface area contributed by atoms with Crippen molar-refractivity contribution in [1.29, 1.82) is 0 Å². The standard InChI is InChI=1S/C21H19FN4O3/c1-13-18(14-8-10-16(22)11-9-14)25-29-19(13)21(27)26(2)12-17-23-24-20(28-17)15-6-4-3-5-7-15/h3-11,13,19H,12H2,1-2H3/t13-,19+/m1/s1. The maximum Gasteiger partial charge on any atom is 0.267 e. The molecule has 2 atom stereocenters. The molecule has 0 aliphatic carbocycles. The van der Waals surface area contributed by atoms with E-state index in [2.05, 4.69) is 15.4 Å². The Hall–Kier alpha value is -3.55. The highest BCUT2D eigenvalue weighted by molar-refractivity contribution is 6.05. The molecule has 0 radical (unpaired) electrons. The fourth-order valence-electron chi connectivity index (χ4n) is 3.14. The number of hydrogen-bond donors (Lipinski definition) is 0. The minimum Gasteiger partial charge on any atom is -0.419 e. The Bertz CT molecular complexity index is 1030. The Kier molecular flexibility index (Phi) is 5.07. The molecule has 0 spiro atoms. The first kappa shape index (κ1) is 18.8. The van der Waals surface area contributed by atoms with Gasteiger partial charge in [0.15, 0.2) is 0 Å². The third kappa shape index (κ3) is 3.87. The van der Waals surface area contributed by atoms with Gasteiger partial charge in [0.25, 0.3) is 5.91 Å². The van der Waals surface area contributed by atoms with Gasteiger partial charge in [-0.3, -0.25) is 4.79 Å². The summed E-state index contributed by atoms with van der Waals surface area (Å²) < 4.78 is 18.8. The number of carbonyl (C=O) groups is 1. The van der Waals surface area contributed by atoms with Crippen LogP contribution in [-0.4, -0.2) is 39.9 Å². The van der Waals surface area contributed by atoms with Crippen LogP contribution in [0.5, 0.6) is 0 Å². The van der Waals surface area contributed by atoms with Crippen LogP contribution < -0.4 is 0 Å². The Morgan fingerprint density at radius 1 is 1.07 bits per heavy atom. The van der Waals surface area contributed by atoms with Gasteiger partial charge in [-0.15, -0.1) is 10.2 Å². The van der Waals surface area contributed by atoms with E-state index >= 15 is 0 Å². The molecule has 2 heterocycles. The number of rotatable bonds is 5. The molecular weight excluding hydrogens is 375 g/mol. The van der Waals surface area contributed by atoms with Crippen molar-refractivity contribution in [2.75, 3.05) is 7.05 Å². The van der Waals surface area contributed by atoms with Crippen LogP contribution in [0.15, 0.2) is 64.2 Å². The van der Waals surface area contributed by atoms with E-state index in [0.717, 1.165) is 11.1 Å². The van der Waals surface area contributed by atoms with Gasteiger partial charge in [-0.1, -0.05) is 42.4 Å². The molecule has 0 fully saturated rings. The molecule has 0 saturated heterocycles. The van der Waals surface area contributed by atoms with Gasteiger partial charge >= 0.3 is 0 Å². The van der Waals surface area contributed by atoms with E-state index in [4.69, 9.17) is 9.25 Å². The number of carbonyl (C=O) groups excluding carboxylic acids is 1. The zero-order valence-electron chi connectivity index (χ0n) is 15.9. The number of oxime groups is 1. The lowest BCUT2D eigenvalue weighted by atomic mass is 9.93. The van der Waals surface area contributed by atoms with Gasteiger partial charge in [0.2, 0.25) is 17.9 Å². The second-order valence-corrected chi connectivity index (χ2v) is 6.86. The topological polar surface area (TPSA) is 80.8 Å². The molecule has 1 aliphatic heterocycles. The number of nitrogens with zero attached hydrogens (tertiary/aromatic N) is 4. The Morgan fingerprint density at radius 3 is 2.52 bits per heavy atom. The summed E-state index contributed by atoms with van der Waals surface area (Å²) >= 11 is 0. The average molecular weight is 394 g/mol. The van der Waals surface area contributed by atoms with Gasteiger partial charge in [-0.2, -0.15) is 0 Å². The van der Waals surface area contributed by atoms with Gasteiger partial charge in [0.1, 0.15) is 5.82 Å². The summed E-state index contributed by atoms with van der Waals surface area (Å²) in [4.78, 5) is 19.7. The monoisotopic (exact) mass is 394 g/mol. The average Bonchev–Trinajstić information content (AvgIpc) is 3.35. The predicted molar refractivity (Wildman–Crippen MR) is 103 cm³/mol. The van der Waals surface area contributed by atoms with E-state index in [1.165, 1.54) is 17.0 Å². The van der Waals surface area contributed by atoms with Crippen molar-refractivity contribution in [3.8, 4) is 11.5 Å². The third-order valence-electron chi connectivity index (χ3n) is 4.77. The highest BCUT2D eigenvalue weighted by Gasteiger charge is 2.38. The molecule has 0 N–H and O–H groups in total. The summed E-state index contributed by atoms with van der Waals surface area (Å²) in [6, 6.07) is 15.3. The third-order valence-corrected chi connectivity index (χ3v) is 4.77. The van der Waals surface area contributed by atoms with E-state index in [1.807, 2.05) is 37.3 Å². The first-order chi connectivity index (χ1) is 14.0. The van der Waals surface area contributed by atoms with Gasteiger partial charge in [-0.25, -0.2) is 4.39 Å². The lowest BCUT2D eigenvalue weighted by molar-refractivity contribution is -0.143. The summed E-state index contributed by atoms with van der Waals surface area (Å²) in [5, 5.41) is 12.1. The SMILES string of the molecule is C[C@@H]1C(c2ccc(F)cc2)=NO[C@@H]1C(=O)N(C)Cc1nnc(-c2ccccc2)o1. The summed E-state index contributed by atoms with van der Waals surface area (Å²) in [5.74, 6) is -0.141. The van der Waals surface area contributed by atoms with Crippen LogP contribution in [-0.2, 0) is 16.2 Å². The van der Waals surface area contributed by atoms with E-state index in [-0.39, 0.29) is 24.2 Å². The van der Waals surface area contributed by atoms with E-state index in [0.29, 0.717) is 17.5 Å². The van der Waals surface area contributed by atoms with Crippen LogP contribution in [0.2, 0.25) is 0 Å². The molecule has 29 heavy (non-hydrogen) atoms. The maximum absolute atomic E-state index is 13.1. The van der Waals surface area contributed by atoms with Crippen LogP contribution in [0, 0.1) is 11.7 Å². The summed E-state index contributed by atoms with van der Waals surface area (Å²) in [5.41, 5.74) is 2.15. The first-order valence-electron chi connectivity index (χ1n) is 9.15. The van der Waals surface area contributed by atoms with E-state index in [9.17, 15) is 9.18 Å². The van der Waals surface area contributed by atoms with Crippen molar-refractivity contribution in [3.05, 3.63) is 71.9 Å². The predicted octanol–water partition coefficient (Wildman–Crippen LogP) is 3.27. The van der Waals surface area contributed by atoms with Crippen molar-refractivity contribution >= 4 is 11.6 Å². The molecular formula is C21H19FN4O3. The highest BCUT2D eigenvalue weighted by Crippen LogP contribution is 2.25. The number of aromatic nitrogens is 2.